The fourth-order valence-corrected chi connectivity index (χ4v) is 2.93. The molecule has 8 heteroatoms. The number of aliphatic hydroxyl groups is 1. The molecule has 0 saturated heterocycles. The molecular formula is C15H14ClF2N3O2. The van der Waals surface area contributed by atoms with Gasteiger partial charge in [-0.1, -0.05) is 17.7 Å². The molecular weight excluding hydrogens is 328 g/mol. The van der Waals surface area contributed by atoms with Crippen LogP contribution in [-0.4, -0.2) is 27.3 Å². The fourth-order valence-electron chi connectivity index (χ4n) is 2.75. The SMILES string of the molecule is O=C(N[C@H](c1ccc(F)cc1F)C1CC(O)C1)c1[nH]ncc1Cl. The van der Waals surface area contributed by atoms with Crippen LogP contribution in [-0.2, 0) is 0 Å². The van der Waals surface area contributed by atoms with Crippen LogP contribution >= 0.6 is 11.6 Å². The summed E-state index contributed by atoms with van der Waals surface area (Å²) in [7, 11) is 0. The largest absolute Gasteiger partial charge is 0.393 e. The lowest BCUT2D eigenvalue weighted by Gasteiger charge is -2.38. The number of halogens is 3. The molecule has 0 bridgehead atoms. The van der Waals surface area contributed by atoms with Crippen LogP contribution in [0.25, 0.3) is 0 Å². The number of rotatable bonds is 4. The van der Waals surface area contributed by atoms with Crippen LogP contribution in [0.1, 0.15) is 34.9 Å². The van der Waals surface area contributed by atoms with Crippen molar-refractivity contribution in [3.8, 4) is 0 Å². The van der Waals surface area contributed by atoms with E-state index < -0.39 is 29.7 Å². The van der Waals surface area contributed by atoms with E-state index in [-0.39, 0.29) is 22.2 Å². The molecule has 1 aromatic heterocycles. The number of hydrogen-bond acceptors (Lipinski definition) is 3. The van der Waals surface area contributed by atoms with Crippen molar-refractivity contribution in [1.82, 2.24) is 15.5 Å². The first-order valence-corrected chi connectivity index (χ1v) is 7.46. The van der Waals surface area contributed by atoms with Crippen molar-refractivity contribution in [2.24, 2.45) is 5.92 Å². The van der Waals surface area contributed by atoms with Crippen molar-refractivity contribution < 1.29 is 18.7 Å². The number of amides is 1. The van der Waals surface area contributed by atoms with Crippen LogP contribution in [0, 0.1) is 17.6 Å². The highest BCUT2D eigenvalue weighted by Crippen LogP contribution is 2.39. The number of benzene rings is 1. The molecule has 3 rings (SSSR count). The number of aliphatic hydroxyl groups excluding tert-OH is 1. The van der Waals surface area contributed by atoms with Crippen LogP contribution in [0.3, 0.4) is 0 Å². The zero-order chi connectivity index (χ0) is 16.6. The van der Waals surface area contributed by atoms with E-state index in [0.29, 0.717) is 12.8 Å². The summed E-state index contributed by atoms with van der Waals surface area (Å²) in [5.41, 5.74) is 0.242. The number of carbonyl (C=O) groups excluding carboxylic acids is 1. The fraction of sp³-hybridized carbons (Fsp3) is 0.333. The standard InChI is InChI=1S/C15H14ClF2N3O2/c16-11-6-19-21-14(11)15(23)20-13(7-3-9(22)4-7)10-2-1-8(17)5-12(10)18/h1-2,5-7,9,13,22H,3-4H2,(H,19,21)(H,20,23)/t7?,9?,13-/m0/s1. The van der Waals surface area contributed by atoms with Gasteiger partial charge in [-0.05, 0) is 24.8 Å². The lowest BCUT2D eigenvalue weighted by molar-refractivity contribution is 0.0228. The Kier molecular flexibility index (Phi) is 4.32. The molecule has 0 spiro atoms. The molecule has 0 aliphatic heterocycles. The average molecular weight is 342 g/mol. The number of aromatic amines is 1. The Morgan fingerprint density at radius 2 is 2.17 bits per heavy atom. The minimum absolute atomic E-state index is 0.0686. The Labute approximate surface area is 135 Å². The van der Waals surface area contributed by atoms with E-state index in [1.165, 1.54) is 12.3 Å². The topological polar surface area (TPSA) is 78.0 Å². The number of H-pyrrole nitrogens is 1. The second kappa shape index (κ2) is 6.25. The van der Waals surface area contributed by atoms with Crippen LogP contribution < -0.4 is 5.32 Å². The molecule has 1 saturated carbocycles. The van der Waals surface area contributed by atoms with Gasteiger partial charge in [-0.2, -0.15) is 5.10 Å². The van der Waals surface area contributed by atoms with Gasteiger partial charge in [0.2, 0.25) is 0 Å². The van der Waals surface area contributed by atoms with E-state index in [9.17, 15) is 18.7 Å². The summed E-state index contributed by atoms with van der Waals surface area (Å²) in [6.07, 6.45) is 1.67. The van der Waals surface area contributed by atoms with Crippen LogP contribution in [0.2, 0.25) is 5.02 Å². The average Bonchev–Trinajstić information content (AvgIpc) is 2.88. The Morgan fingerprint density at radius 1 is 1.43 bits per heavy atom. The smallest absolute Gasteiger partial charge is 0.271 e. The van der Waals surface area contributed by atoms with Gasteiger partial charge in [0.25, 0.3) is 5.91 Å². The molecule has 2 aromatic rings. The third-order valence-electron chi connectivity index (χ3n) is 4.03. The number of aromatic nitrogens is 2. The molecule has 1 fully saturated rings. The summed E-state index contributed by atoms with van der Waals surface area (Å²) in [6.45, 7) is 0. The van der Waals surface area contributed by atoms with Gasteiger partial charge in [-0.15, -0.1) is 0 Å². The Bertz CT molecular complexity index is 731. The second-order valence-electron chi connectivity index (χ2n) is 5.60. The van der Waals surface area contributed by atoms with Gasteiger partial charge in [-0.3, -0.25) is 9.89 Å². The predicted octanol–water partition coefficient (Wildman–Crippen LogP) is 2.58. The molecule has 1 aliphatic carbocycles. The maximum Gasteiger partial charge on any atom is 0.271 e. The third kappa shape index (κ3) is 3.20. The summed E-state index contributed by atoms with van der Waals surface area (Å²) >= 11 is 5.85. The van der Waals surface area contributed by atoms with E-state index in [1.807, 2.05) is 0 Å². The predicted molar refractivity (Wildman–Crippen MR) is 78.9 cm³/mol. The maximum atomic E-state index is 14.1. The van der Waals surface area contributed by atoms with Crippen LogP contribution in [0.4, 0.5) is 8.78 Å². The number of hydrogen-bond donors (Lipinski definition) is 3. The molecule has 1 aliphatic rings. The van der Waals surface area contributed by atoms with Gasteiger partial charge in [0, 0.05) is 11.6 Å². The van der Waals surface area contributed by atoms with Gasteiger partial charge in [0.05, 0.1) is 23.4 Å². The van der Waals surface area contributed by atoms with Gasteiger partial charge in [0.15, 0.2) is 0 Å². The van der Waals surface area contributed by atoms with E-state index in [1.54, 1.807) is 0 Å². The number of carbonyl (C=O) groups is 1. The number of nitrogens with one attached hydrogen (secondary N) is 2. The van der Waals surface area contributed by atoms with E-state index in [2.05, 4.69) is 15.5 Å². The summed E-state index contributed by atoms with van der Waals surface area (Å²) < 4.78 is 27.2. The zero-order valence-electron chi connectivity index (χ0n) is 11.9. The lowest BCUT2D eigenvalue weighted by Crippen LogP contribution is -2.42. The molecule has 1 heterocycles. The van der Waals surface area contributed by atoms with Crippen LogP contribution in [0.15, 0.2) is 24.4 Å². The number of nitrogens with zero attached hydrogens (tertiary/aromatic N) is 1. The maximum absolute atomic E-state index is 14.1. The molecule has 1 amide bonds. The van der Waals surface area contributed by atoms with Gasteiger partial charge in [0.1, 0.15) is 17.3 Å². The third-order valence-corrected chi connectivity index (χ3v) is 4.31. The summed E-state index contributed by atoms with van der Waals surface area (Å²) in [4.78, 5) is 12.3. The molecule has 23 heavy (non-hydrogen) atoms. The monoisotopic (exact) mass is 341 g/mol. The van der Waals surface area contributed by atoms with Crippen molar-refractivity contribution >= 4 is 17.5 Å². The Morgan fingerprint density at radius 3 is 2.74 bits per heavy atom. The summed E-state index contributed by atoms with van der Waals surface area (Å²) in [5, 5.41) is 18.5. The van der Waals surface area contributed by atoms with Crippen LogP contribution in [0.5, 0.6) is 0 Å². The minimum atomic E-state index is -0.743. The van der Waals surface area contributed by atoms with Gasteiger partial charge in [-0.25, -0.2) is 8.78 Å². The van der Waals surface area contributed by atoms with Crippen molar-refractivity contribution in [3.05, 3.63) is 52.3 Å². The van der Waals surface area contributed by atoms with Crippen molar-refractivity contribution in [1.29, 1.82) is 0 Å². The highest BCUT2D eigenvalue weighted by atomic mass is 35.5. The van der Waals surface area contributed by atoms with Crippen molar-refractivity contribution in [2.75, 3.05) is 0 Å². The molecule has 3 N–H and O–H groups in total. The molecule has 1 atom stereocenters. The highest BCUT2D eigenvalue weighted by molar-refractivity contribution is 6.33. The molecule has 1 aromatic carbocycles. The van der Waals surface area contributed by atoms with E-state index >= 15 is 0 Å². The van der Waals surface area contributed by atoms with Gasteiger partial charge < -0.3 is 10.4 Å². The molecule has 0 radical (unpaired) electrons. The molecule has 122 valence electrons. The van der Waals surface area contributed by atoms with Crippen molar-refractivity contribution in [2.45, 2.75) is 25.0 Å². The highest BCUT2D eigenvalue weighted by Gasteiger charge is 2.37. The first-order valence-electron chi connectivity index (χ1n) is 7.08. The van der Waals surface area contributed by atoms with E-state index in [0.717, 1.165) is 12.1 Å². The first-order chi connectivity index (χ1) is 11.0. The minimum Gasteiger partial charge on any atom is -0.393 e. The summed E-state index contributed by atoms with van der Waals surface area (Å²) in [5.74, 6) is -2.12. The molecule has 0 unspecified atom stereocenters. The van der Waals surface area contributed by atoms with Crippen molar-refractivity contribution in [3.63, 3.8) is 0 Å². The Balaban J connectivity index is 1.87. The molecule has 5 nitrogen and oxygen atoms in total. The second-order valence-corrected chi connectivity index (χ2v) is 6.00. The van der Waals surface area contributed by atoms with E-state index in [4.69, 9.17) is 11.6 Å². The lowest BCUT2D eigenvalue weighted by atomic mass is 9.75. The van der Waals surface area contributed by atoms with Gasteiger partial charge >= 0.3 is 0 Å². The quantitative estimate of drug-likeness (QED) is 0.800. The first kappa shape index (κ1) is 15.9. The summed E-state index contributed by atoms with van der Waals surface area (Å²) in [6, 6.07) is 2.52. The Hall–Kier alpha value is -1.99. The zero-order valence-corrected chi connectivity index (χ0v) is 12.6. The normalized spacial score (nSPS) is 21.6.